The predicted molar refractivity (Wildman–Crippen MR) is 92.1 cm³/mol. The van der Waals surface area contributed by atoms with Gasteiger partial charge in [0.05, 0.1) is 6.10 Å². The predicted octanol–water partition coefficient (Wildman–Crippen LogP) is 3.64. The summed E-state index contributed by atoms with van der Waals surface area (Å²) in [6.45, 7) is 8.00. The number of methoxy groups -OCH3 is 1. The minimum Gasteiger partial charge on any atom is -0.458 e. The van der Waals surface area contributed by atoms with Gasteiger partial charge in [-0.3, -0.25) is 4.79 Å². The van der Waals surface area contributed by atoms with E-state index >= 15 is 0 Å². The fourth-order valence-corrected chi connectivity index (χ4v) is 2.96. The number of cyclic esters (lactones) is 1. The lowest BCUT2D eigenvalue weighted by molar-refractivity contribution is -0.149. The molecule has 1 unspecified atom stereocenters. The summed E-state index contributed by atoms with van der Waals surface area (Å²) in [7, 11) is 1.61. The summed E-state index contributed by atoms with van der Waals surface area (Å²) in [5, 5.41) is 10.5. The molecule has 0 aliphatic carbocycles. The lowest BCUT2D eigenvalue weighted by Gasteiger charge is -2.26. The van der Waals surface area contributed by atoms with Crippen molar-refractivity contribution in [3.8, 4) is 0 Å². The number of aliphatic hydroxyl groups excluding tert-OH is 1. The highest BCUT2D eigenvalue weighted by Crippen LogP contribution is 2.22. The summed E-state index contributed by atoms with van der Waals surface area (Å²) in [6.07, 6.45) is 7.82. The zero-order valence-corrected chi connectivity index (χ0v) is 15.1. The van der Waals surface area contributed by atoms with Crippen LogP contribution in [0.1, 0.15) is 53.4 Å². The molecular formula is C19H32O4. The molecule has 1 heterocycles. The molecule has 0 aromatic heterocycles. The largest absolute Gasteiger partial charge is 0.458 e. The van der Waals surface area contributed by atoms with Crippen molar-refractivity contribution in [3.05, 3.63) is 23.8 Å². The number of rotatable bonds is 2. The monoisotopic (exact) mass is 324 g/mol. The Hall–Kier alpha value is -1.13. The molecule has 0 saturated heterocycles. The summed E-state index contributed by atoms with van der Waals surface area (Å²) >= 11 is 0. The third-order valence-electron chi connectivity index (χ3n) is 4.31. The number of ether oxygens (including phenoxy) is 2. The van der Waals surface area contributed by atoms with Gasteiger partial charge in [0, 0.05) is 19.4 Å². The van der Waals surface area contributed by atoms with E-state index in [2.05, 4.69) is 0 Å². The highest BCUT2D eigenvalue weighted by molar-refractivity contribution is 5.69. The first-order valence-electron chi connectivity index (χ1n) is 8.62. The SMILES string of the molecule is COC1/C=C\CCCCC(=O)O[C@H](C(C)C)/C(C)=C/[C@@H](C)[C@@H]1O. The van der Waals surface area contributed by atoms with Crippen molar-refractivity contribution in [2.45, 2.75) is 71.7 Å². The van der Waals surface area contributed by atoms with E-state index in [1.165, 1.54) is 0 Å². The van der Waals surface area contributed by atoms with Crippen LogP contribution < -0.4 is 0 Å². The van der Waals surface area contributed by atoms with Crippen LogP contribution >= 0.6 is 0 Å². The molecular weight excluding hydrogens is 292 g/mol. The number of carbonyl (C=O) groups is 1. The van der Waals surface area contributed by atoms with Gasteiger partial charge in [0.2, 0.25) is 0 Å². The minimum absolute atomic E-state index is 0.0903. The first-order chi connectivity index (χ1) is 10.9. The Bertz CT molecular complexity index is 425. The Balaban J connectivity index is 3.02. The Morgan fingerprint density at radius 2 is 2.04 bits per heavy atom. The van der Waals surface area contributed by atoms with Crippen molar-refractivity contribution < 1.29 is 19.4 Å². The average molecular weight is 324 g/mol. The summed E-state index contributed by atoms with van der Waals surface area (Å²) in [4.78, 5) is 12.0. The Kier molecular flexibility index (Phi) is 8.56. The van der Waals surface area contributed by atoms with E-state index in [-0.39, 0.29) is 30.0 Å². The average Bonchev–Trinajstić information content (AvgIpc) is 2.50. The first-order valence-corrected chi connectivity index (χ1v) is 8.62. The van der Waals surface area contributed by atoms with E-state index in [4.69, 9.17) is 9.47 Å². The van der Waals surface area contributed by atoms with Crippen molar-refractivity contribution in [2.75, 3.05) is 7.11 Å². The van der Waals surface area contributed by atoms with Crippen LogP contribution in [0.4, 0.5) is 0 Å². The maximum absolute atomic E-state index is 12.0. The molecule has 0 radical (unpaired) electrons. The molecule has 0 aromatic carbocycles. The van der Waals surface area contributed by atoms with Crippen molar-refractivity contribution >= 4 is 5.97 Å². The lowest BCUT2D eigenvalue weighted by atomic mass is 9.92. The van der Waals surface area contributed by atoms with E-state index in [0.29, 0.717) is 6.42 Å². The minimum atomic E-state index is -0.627. The van der Waals surface area contributed by atoms with E-state index in [1.54, 1.807) is 7.11 Å². The molecule has 0 fully saturated rings. The van der Waals surface area contributed by atoms with Crippen LogP contribution in [0.3, 0.4) is 0 Å². The smallest absolute Gasteiger partial charge is 0.306 e. The zero-order valence-electron chi connectivity index (χ0n) is 15.1. The Labute approximate surface area is 140 Å². The zero-order chi connectivity index (χ0) is 17.4. The Morgan fingerprint density at radius 1 is 1.35 bits per heavy atom. The molecule has 0 bridgehead atoms. The summed E-state index contributed by atoms with van der Waals surface area (Å²) in [5.74, 6) is -0.0292. The van der Waals surface area contributed by atoms with E-state index in [9.17, 15) is 9.90 Å². The van der Waals surface area contributed by atoms with Crippen molar-refractivity contribution in [2.24, 2.45) is 11.8 Å². The second-order valence-electron chi connectivity index (χ2n) is 6.79. The van der Waals surface area contributed by atoms with Crippen LogP contribution in [0.5, 0.6) is 0 Å². The van der Waals surface area contributed by atoms with Crippen molar-refractivity contribution in [1.82, 2.24) is 0 Å². The summed E-state index contributed by atoms with van der Waals surface area (Å²) in [5.41, 5.74) is 0.982. The quantitative estimate of drug-likeness (QED) is 0.622. The number of allylic oxidation sites excluding steroid dienone is 1. The summed E-state index contributed by atoms with van der Waals surface area (Å²) in [6, 6.07) is 0. The standard InChI is InChI=1S/C19H32O4/c1-13(2)19-15(4)12-14(3)18(21)16(22-5)10-8-6-7-9-11-17(20)23-19/h8,10,12-14,16,18-19,21H,6-7,9,11H2,1-5H3/b10-8-,15-12+/t14-,16?,18+,19-/m1/s1. The van der Waals surface area contributed by atoms with Gasteiger partial charge in [-0.1, -0.05) is 39.0 Å². The highest BCUT2D eigenvalue weighted by Gasteiger charge is 2.25. The third-order valence-corrected chi connectivity index (χ3v) is 4.31. The second-order valence-corrected chi connectivity index (χ2v) is 6.79. The molecule has 1 aliphatic rings. The molecule has 1 aliphatic heterocycles. The number of carbonyl (C=O) groups excluding carboxylic acids is 1. The van der Waals surface area contributed by atoms with Crippen LogP contribution in [0.2, 0.25) is 0 Å². The lowest BCUT2D eigenvalue weighted by Crippen LogP contribution is -2.32. The topological polar surface area (TPSA) is 55.8 Å². The molecule has 23 heavy (non-hydrogen) atoms. The van der Waals surface area contributed by atoms with Gasteiger partial charge in [0.15, 0.2) is 0 Å². The van der Waals surface area contributed by atoms with E-state index in [1.807, 2.05) is 45.9 Å². The van der Waals surface area contributed by atoms with Gasteiger partial charge in [-0.05, 0) is 37.7 Å². The van der Waals surface area contributed by atoms with Crippen LogP contribution in [0, 0.1) is 11.8 Å². The van der Waals surface area contributed by atoms with Crippen LogP contribution in [-0.2, 0) is 14.3 Å². The fraction of sp³-hybridized carbons (Fsp3) is 0.737. The van der Waals surface area contributed by atoms with Gasteiger partial charge in [-0.2, -0.15) is 0 Å². The van der Waals surface area contributed by atoms with E-state index < -0.39 is 6.10 Å². The molecule has 4 nitrogen and oxygen atoms in total. The van der Waals surface area contributed by atoms with Gasteiger partial charge in [-0.15, -0.1) is 0 Å². The van der Waals surface area contributed by atoms with Crippen LogP contribution in [0.25, 0.3) is 0 Å². The number of esters is 1. The van der Waals surface area contributed by atoms with Gasteiger partial charge in [0.25, 0.3) is 0 Å². The maximum Gasteiger partial charge on any atom is 0.306 e. The first kappa shape index (κ1) is 19.9. The number of hydrogen-bond acceptors (Lipinski definition) is 4. The molecule has 4 heteroatoms. The van der Waals surface area contributed by atoms with Gasteiger partial charge >= 0.3 is 5.97 Å². The van der Waals surface area contributed by atoms with E-state index in [0.717, 1.165) is 24.8 Å². The van der Waals surface area contributed by atoms with Crippen molar-refractivity contribution in [3.63, 3.8) is 0 Å². The number of aliphatic hydroxyl groups is 1. The molecule has 0 spiro atoms. The van der Waals surface area contributed by atoms with Gasteiger partial charge in [-0.25, -0.2) is 0 Å². The summed E-state index contributed by atoms with van der Waals surface area (Å²) < 4.78 is 11.1. The number of hydrogen-bond donors (Lipinski definition) is 1. The van der Waals surface area contributed by atoms with Gasteiger partial charge in [0.1, 0.15) is 12.2 Å². The molecule has 0 amide bonds. The molecule has 4 atom stereocenters. The fourth-order valence-electron chi connectivity index (χ4n) is 2.96. The molecule has 0 aromatic rings. The second kappa shape index (κ2) is 9.89. The van der Waals surface area contributed by atoms with Crippen LogP contribution in [-0.4, -0.2) is 36.5 Å². The van der Waals surface area contributed by atoms with Crippen LogP contribution in [0.15, 0.2) is 23.8 Å². The highest BCUT2D eigenvalue weighted by atomic mass is 16.5. The molecule has 132 valence electrons. The Morgan fingerprint density at radius 3 is 2.65 bits per heavy atom. The normalized spacial score (nSPS) is 35.1. The maximum atomic E-state index is 12.0. The van der Waals surface area contributed by atoms with Crippen molar-refractivity contribution in [1.29, 1.82) is 0 Å². The van der Waals surface area contributed by atoms with Gasteiger partial charge < -0.3 is 14.6 Å². The molecule has 1 rings (SSSR count). The molecule has 0 saturated carbocycles. The molecule has 1 N–H and O–H groups in total. The third kappa shape index (κ3) is 6.48.